The summed E-state index contributed by atoms with van der Waals surface area (Å²) in [5, 5.41) is 3.97. The summed E-state index contributed by atoms with van der Waals surface area (Å²) >= 11 is 0. The summed E-state index contributed by atoms with van der Waals surface area (Å²) in [4.78, 5) is 2.68. The molecule has 3 nitrogen and oxygen atoms in total. The molecule has 0 amide bonds. The van der Waals surface area contributed by atoms with Gasteiger partial charge in [-0.3, -0.25) is 4.90 Å². The zero-order valence-corrected chi connectivity index (χ0v) is 11.7. The zero-order chi connectivity index (χ0) is 12.4. The average Bonchev–Trinajstić information content (AvgIpc) is 3.18. The van der Waals surface area contributed by atoms with Gasteiger partial charge in [-0.25, -0.2) is 0 Å². The lowest BCUT2D eigenvalue weighted by molar-refractivity contribution is 0.249. The van der Waals surface area contributed by atoms with Gasteiger partial charge in [0, 0.05) is 37.3 Å². The zero-order valence-electron chi connectivity index (χ0n) is 11.7. The van der Waals surface area contributed by atoms with Crippen LogP contribution in [0.5, 0.6) is 0 Å². The van der Waals surface area contributed by atoms with E-state index in [0.29, 0.717) is 0 Å². The molecular formula is C15H29N3. The fraction of sp³-hybridized carbons (Fsp3) is 1.00. The highest BCUT2D eigenvalue weighted by Crippen LogP contribution is 2.34. The molecule has 1 heterocycles. The van der Waals surface area contributed by atoms with Gasteiger partial charge in [0.1, 0.15) is 0 Å². The molecule has 18 heavy (non-hydrogen) atoms. The summed E-state index contributed by atoms with van der Waals surface area (Å²) in [7, 11) is 0. The number of hydrogen-bond acceptors (Lipinski definition) is 3. The summed E-state index contributed by atoms with van der Waals surface area (Å²) in [5.74, 6) is 0. The molecule has 3 rings (SSSR count). The van der Waals surface area contributed by atoms with E-state index < -0.39 is 0 Å². The maximum Gasteiger partial charge on any atom is 0.0447 e. The minimum absolute atomic E-state index is 0.234. The Hall–Kier alpha value is -0.120. The van der Waals surface area contributed by atoms with Crippen LogP contribution < -0.4 is 11.1 Å². The minimum Gasteiger partial charge on any atom is -0.329 e. The normalized spacial score (nSPS) is 35.8. The summed E-state index contributed by atoms with van der Waals surface area (Å²) in [6.45, 7) is 3.28. The van der Waals surface area contributed by atoms with Crippen molar-refractivity contribution < 1.29 is 0 Å². The number of nitrogens with two attached hydrogens (primary N) is 1. The van der Waals surface area contributed by atoms with Crippen molar-refractivity contribution in [2.45, 2.75) is 75.4 Å². The van der Waals surface area contributed by atoms with Crippen molar-refractivity contribution in [2.24, 2.45) is 5.73 Å². The molecule has 3 heteroatoms. The van der Waals surface area contributed by atoms with Crippen molar-refractivity contribution in [1.82, 2.24) is 10.2 Å². The molecule has 0 aromatic heterocycles. The molecular weight excluding hydrogens is 222 g/mol. The van der Waals surface area contributed by atoms with Crippen LogP contribution in [0.25, 0.3) is 0 Å². The van der Waals surface area contributed by atoms with Crippen LogP contribution in [-0.2, 0) is 0 Å². The molecule has 0 aromatic carbocycles. The van der Waals surface area contributed by atoms with Gasteiger partial charge in [0.15, 0.2) is 0 Å². The molecule has 0 bridgehead atoms. The summed E-state index contributed by atoms with van der Waals surface area (Å²) in [5.41, 5.74) is 6.35. The number of rotatable bonds is 4. The van der Waals surface area contributed by atoms with Crippen LogP contribution in [0.2, 0.25) is 0 Å². The van der Waals surface area contributed by atoms with Crippen molar-refractivity contribution in [3.63, 3.8) is 0 Å². The summed E-state index contributed by atoms with van der Waals surface area (Å²) in [6, 6.07) is 1.63. The fourth-order valence-corrected chi connectivity index (χ4v) is 3.86. The van der Waals surface area contributed by atoms with Crippen molar-refractivity contribution in [1.29, 1.82) is 0 Å². The van der Waals surface area contributed by atoms with Crippen LogP contribution >= 0.6 is 0 Å². The number of nitrogens with one attached hydrogen (secondary N) is 1. The quantitative estimate of drug-likeness (QED) is 0.750. The second-order valence-corrected chi connectivity index (χ2v) is 6.77. The predicted molar refractivity (Wildman–Crippen MR) is 75.6 cm³/mol. The first-order valence-corrected chi connectivity index (χ1v) is 8.03. The molecule has 1 atom stereocenters. The number of hydrogen-bond donors (Lipinski definition) is 2. The van der Waals surface area contributed by atoms with E-state index in [9.17, 15) is 0 Å². The number of nitrogens with zero attached hydrogens (tertiary/aromatic N) is 1. The van der Waals surface area contributed by atoms with Gasteiger partial charge >= 0.3 is 0 Å². The Morgan fingerprint density at radius 2 is 1.78 bits per heavy atom. The smallest absolute Gasteiger partial charge is 0.0447 e. The lowest BCUT2D eigenvalue weighted by atomic mass is 9.95. The van der Waals surface area contributed by atoms with E-state index in [2.05, 4.69) is 10.2 Å². The largest absolute Gasteiger partial charge is 0.329 e. The third-order valence-electron chi connectivity index (χ3n) is 5.20. The molecule has 104 valence electrons. The van der Waals surface area contributed by atoms with Gasteiger partial charge in [0.25, 0.3) is 0 Å². The van der Waals surface area contributed by atoms with Crippen LogP contribution in [0, 0.1) is 0 Å². The van der Waals surface area contributed by atoms with Crippen LogP contribution in [0.15, 0.2) is 0 Å². The SMILES string of the molecule is NCC1(NC2CCCCCC2)CCN(C2CC2)C1. The van der Waals surface area contributed by atoms with E-state index in [1.807, 2.05) is 0 Å². The molecule has 3 N–H and O–H groups in total. The standard InChI is InChI=1S/C15H29N3/c16-11-15(9-10-18(12-15)14-7-8-14)17-13-5-3-1-2-4-6-13/h13-14,17H,1-12,16H2. The summed E-state index contributed by atoms with van der Waals surface area (Å²) < 4.78 is 0. The molecule has 1 unspecified atom stereocenters. The second-order valence-electron chi connectivity index (χ2n) is 6.77. The Kier molecular flexibility index (Phi) is 3.92. The monoisotopic (exact) mass is 251 g/mol. The maximum absolute atomic E-state index is 6.12. The molecule has 0 aromatic rings. The van der Waals surface area contributed by atoms with Gasteiger partial charge in [-0.15, -0.1) is 0 Å². The van der Waals surface area contributed by atoms with Gasteiger partial charge in [-0.1, -0.05) is 25.7 Å². The molecule has 3 fully saturated rings. The van der Waals surface area contributed by atoms with Gasteiger partial charge in [0.2, 0.25) is 0 Å². The molecule has 3 aliphatic rings. The van der Waals surface area contributed by atoms with Crippen LogP contribution in [0.1, 0.15) is 57.8 Å². The van der Waals surface area contributed by atoms with Crippen LogP contribution in [0.3, 0.4) is 0 Å². The Bertz CT molecular complexity index is 269. The predicted octanol–water partition coefficient (Wildman–Crippen LogP) is 1.86. The highest BCUT2D eigenvalue weighted by atomic mass is 15.3. The highest BCUT2D eigenvalue weighted by Gasteiger charge is 2.43. The highest BCUT2D eigenvalue weighted by molar-refractivity contribution is 5.03. The van der Waals surface area contributed by atoms with E-state index in [1.165, 1.54) is 70.9 Å². The van der Waals surface area contributed by atoms with E-state index in [4.69, 9.17) is 5.73 Å². The average molecular weight is 251 g/mol. The number of likely N-dealkylation sites (tertiary alicyclic amines) is 1. The van der Waals surface area contributed by atoms with Gasteiger partial charge in [0.05, 0.1) is 0 Å². The van der Waals surface area contributed by atoms with Crippen molar-refractivity contribution in [3.8, 4) is 0 Å². The van der Waals surface area contributed by atoms with E-state index in [0.717, 1.165) is 18.6 Å². The first kappa shape index (κ1) is 12.9. The Balaban J connectivity index is 1.57. The molecule has 2 aliphatic carbocycles. The molecule has 2 saturated carbocycles. The van der Waals surface area contributed by atoms with Gasteiger partial charge in [-0.05, 0) is 32.1 Å². The summed E-state index contributed by atoms with van der Waals surface area (Å²) in [6.07, 6.45) is 12.5. The fourth-order valence-electron chi connectivity index (χ4n) is 3.86. The van der Waals surface area contributed by atoms with Crippen molar-refractivity contribution in [2.75, 3.05) is 19.6 Å². The van der Waals surface area contributed by atoms with Crippen LogP contribution in [-0.4, -0.2) is 42.2 Å². The van der Waals surface area contributed by atoms with Crippen molar-refractivity contribution >= 4 is 0 Å². The Morgan fingerprint density at radius 3 is 2.39 bits per heavy atom. The van der Waals surface area contributed by atoms with E-state index in [1.54, 1.807) is 0 Å². The Labute approximate surface area is 111 Å². The molecule has 1 saturated heterocycles. The molecule has 1 aliphatic heterocycles. The van der Waals surface area contributed by atoms with Crippen molar-refractivity contribution in [3.05, 3.63) is 0 Å². The second kappa shape index (κ2) is 5.48. The van der Waals surface area contributed by atoms with E-state index in [-0.39, 0.29) is 5.54 Å². The first-order valence-electron chi connectivity index (χ1n) is 8.03. The third kappa shape index (κ3) is 2.89. The Morgan fingerprint density at radius 1 is 1.06 bits per heavy atom. The third-order valence-corrected chi connectivity index (χ3v) is 5.20. The van der Waals surface area contributed by atoms with E-state index >= 15 is 0 Å². The van der Waals surface area contributed by atoms with Gasteiger partial charge in [-0.2, -0.15) is 0 Å². The first-order chi connectivity index (χ1) is 8.81. The van der Waals surface area contributed by atoms with Crippen LogP contribution in [0.4, 0.5) is 0 Å². The molecule has 0 spiro atoms. The lowest BCUT2D eigenvalue weighted by Crippen LogP contribution is -2.56. The van der Waals surface area contributed by atoms with Gasteiger partial charge < -0.3 is 11.1 Å². The topological polar surface area (TPSA) is 41.3 Å². The minimum atomic E-state index is 0.234. The molecule has 0 radical (unpaired) electrons. The maximum atomic E-state index is 6.12. The lowest BCUT2D eigenvalue weighted by Gasteiger charge is -2.34.